The number of rotatable bonds is 2. The zero-order valence-electron chi connectivity index (χ0n) is 20.4. The number of nitrogens with zero attached hydrogens (tertiary/aromatic N) is 2. The molecule has 2 saturated heterocycles. The molecule has 2 aromatic rings. The maximum atomic E-state index is 7.49. The molecule has 4 heterocycles. The van der Waals surface area contributed by atoms with Crippen LogP contribution >= 0.6 is 0 Å². The first-order chi connectivity index (χ1) is 16.6. The van der Waals surface area contributed by atoms with Gasteiger partial charge in [-0.05, 0) is 122 Å². The lowest BCUT2D eigenvalue weighted by Gasteiger charge is -2.55. The second kappa shape index (κ2) is 6.83. The molecule has 6 aliphatic rings. The van der Waals surface area contributed by atoms with Crippen LogP contribution in [0.4, 0.5) is 0 Å². The van der Waals surface area contributed by atoms with Crippen LogP contribution in [-0.4, -0.2) is 40.2 Å². The molecule has 3 aliphatic carbocycles. The van der Waals surface area contributed by atoms with Gasteiger partial charge in [0, 0.05) is 23.8 Å². The highest BCUT2D eigenvalue weighted by Crippen LogP contribution is 2.69. The average molecular weight is 453 g/mol. The van der Waals surface area contributed by atoms with Gasteiger partial charge < -0.3 is 9.64 Å². The molecule has 176 valence electrons. The Morgan fingerprint density at radius 2 is 2.00 bits per heavy atom. The molecule has 2 spiro atoms. The van der Waals surface area contributed by atoms with Crippen LogP contribution in [0.5, 0.6) is 0 Å². The van der Waals surface area contributed by atoms with Gasteiger partial charge in [-0.25, -0.2) is 0 Å². The third-order valence-electron chi connectivity index (χ3n) is 11.1. The maximum absolute atomic E-state index is 7.49. The first-order valence-corrected chi connectivity index (χ1v) is 13.8. The third kappa shape index (κ3) is 2.53. The van der Waals surface area contributed by atoms with E-state index in [0.717, 1.165) is 6.04 Å². The van der Waals surface area contributed by atoms with Gasteiger partial charge in [-0.2, -0.15) is 0 Å². The number of allylic oxidation sites excluding steroid dienone is 1. The topological polar surface area (TPSA) is 25.4 Å². The van der Waals surface area contributed by atoms with Crippen molar-refractivity contribution in [1.82, 2.24) is 9.88 Å². The van der Waals surface area contributed by atoms with E-state index in [1.807, 2.05) is 12.4 Å². The minimum atomic E-state index is -0.0412. The van der Waals surface area contributed by atoms with Crippen LogP contribution in [0, 0.1) is 11.3 Å². The van der Waals surface area contributed by atoms with Gasteiger partial charge in [0.1, 0.15) is 0 Å². The van der Waals surface area contributed by atoms with E-state index in [4.69, 9.17) is 4.74 Å². The number of pyridine rings is 1. The van der Waals surface area contributed by atoms with Crippen LogP contribution in [0.25, 0.3) is 10.8 Å². The molecule has 0 amide bonds. The summed E-state index contributed by atoms with van der Waals surface area (Å²) in [6.45, 7) is 5.20. The molecule has 2 saturated carbocycles. The molecular weight excluding hydrogens is 416 g/mol. The summed E-state index contributed by atoms with van der Waals surface area (Å²) < 4.78 is 7.49. The predicted octanol–water partition coefficient (Wildman–Crippen LogP) is 6.55. The Morgan fingerprint density at radius 3 is 2.88 bits per heavy atom. The van der Waals surface area contributed by atoms with Crippen molar-refractivity contribution in [2.45, 2.75) is 87.9 Å². The summed E-state index contributed by atoms with van der Waals surface area (Å²) in [7, 11) is 0. The molecule has 1 aromatic heterocycles. The van der Waals surface area contributed by atoms with E-state index < -0.39 is 0 Å². The van der Waals surface area contributed by atoms with Crippen molar-refractivity contribution in [1.29, 1.82) is 0 Å². The molecule has 3 aliphatic heterocycles. The first kappa shape index (κ1) is 20.2. The second-order valence-electron chi connectivity index (χ2n) is 12.5. The molecular formula is C31H36N2O. The molecule has 1 aromatic carbocycles. The van der Waals surface area contributed by atoms with E-state index in [9.17, 15) is 0 Å². The fourth-order valence-electron chi connectivity index (χ4n) is 9.27. The molecule has 6 atom stereocenters. The Morgan fingerprint density at radius 1 is 1.06 bits per heavy atom. The zero-order valence-corrected chi connectivity index (χ0v) is 20.4. The van der Waals surface area contributed by atoms with Gasteiger partial charge in [-0.15, -0.1) is 0 Å². The fourth-order valence-corrected chi connectivity index (χ4v) is 9.27. The van der Waals surface area contributed by atoms with Crippen LogP contribution in [-0.2, 0) is 4.74 Å². The van der Waals surface area contributed by atoms with Gasteiger partial charge in [-0.3, -0.25) is 4.98 Å². The molecule has 3 heteroatoms. The lowest BCUT2D eigenvalue weighted by atomic mass is 9.58. The number of fused-ring (bicyclic) bond motifs is 2. The van der Waals surface area contributed by atoms with Crippen LogP contribution in [0.1, 0.15) is 76.2 Å². The van der Waals surface area contributed by atoms with Gasteiger partial charge in [0.2, 0.25) is 0 Å². The maximum Gasteiger partial charge on any atom is 0.0974 e. The van der Waals surface area contributed by atoms with Gasteiger partial charge in [-0.1, -0.05) is 31.2 Å². The molecule has 0 radical (unpaired) electrons. The molecule has 8 rings (SSSR count). The Hall–Kier alpha value is -1.97. The quantitative estimate of drug-likeness (QED) is 0.516. The van der Waals surface area contributed by atoms with Gasteiger partial charge >= 0.3 is 0 Å². The van der Waals surface area contributed by atoms with Crippen LogP contribution in [0.2, 0.25) is 0 Å². The van der Waals surface area contributed by atoms with Crippen molar-refractivity contribution < 1.29 is 4.74 Å². The molecule has 4 fully saturated rings. The lowest BCUT2D eigenvalue weighted by molar-refractivity contribution is -0.142. The highest BCUT2D eigenvalue weighted by Gasteiger charge is 2.66. The molecule has 3 nitrogen and oxygen atoms in total. The van der Waals surface area contributed by atoms with Crippen molar-refractivity contribution in [2.75, 3.05) is 13.1 Å². The van der Waals surface area contributed by atoms with Crippen molar-refractivity contribution in [3.8, 4) is 0 Å². The smallest absolute Gasteiger partial charge is 0.0974 e. The standard InChI is InChI=1S/C31H36N2O/c1-29-11-9-25-18-24-5-6-26(33-15-2-16-33)19-30(24)12-13-31(25,34-30)28(29)8-7-27(29)22-4-3-21-10-14-32-20-23(21)17-22/h3-4,9-10,14,17-18,20,26-28H,2,5-8,11-13,15-16,19H2,1H3/t26-,27?,28-,29?,30-,31-/m1/s1. The normalized spacial score (nSPS) is 42.9. The van der Waals surface area contributed by atoms with Gasteiger partial charge in [0.05, 0.1) is 11.2 Å². The van der Waals surface area contributed by atoms with E-state index >= 15 is 0 Å². The van der Waals surface area contributed by atoms with E-state index in [1.165, 1.54) is 87.2 Å². The Balaban J connectivity index is 1.16. The third-order valence-corrected chi connectivity index (χ3v) is 11.1. The lowest BCUT2D eigenvalue weighted by Crippen LogP contribution is -2.56. The summed E-state index contributed by atoms with van der Waals surface area (Å²) in [5.41, 5.74) is 4.94. The minimum absolute atomic E-state index is 0.0286. The molecule has 34 heavy (non-hydrogen) atoms. The van der Waals surface area contributed by atoms with Crippen LogP contribution < -0.4 is 0 Å². The predicted molar refractivity (Wildman–Crippen MR) is 136 cm³/mol. The van der Waals surface area contributed by atoms with E-state index in [1.54, 1.807) is 11.1 Å². The van der Waals surface area contributed by atoms with E-state index in [0.29, 0.717) is 11.8 Å². The highest BCUT2D eigenvalue weighted by molar-refractivity contribution is 5.82. The summed E-state index contributed by atoms with van der Waals surface area (Å²) in [5, 5.41) is 2.57. The SMILES string of the molecule is CC12CC=C3C=C4CC[C@@H](N5CCC5)C[C@]45CC[C@]3(O5)[C@@H]1CCC2c1ccc2ccncc2c1. The summed E-state index contributed by atoms with van der Waals surface area (Å²) in [6.07, 6.45) is 20.6. The number of likely N-dealkylation sites (tertiary alicyclic amines) is 1. The van der Waals surface area contributed by atoms with Gasteiger partial charge in [0.15, 0.2) is 0 Å². The minimum Gasteiger partial charge on any atom is -0.359 e. The van der Waals surface area contributed by atoms with Crippen molar-refractivity contribution in [3.63, 3.8) is 0 Å². The van der Waals surface area contributed by atoms with Gasteiger partial charge in [0.25, 0.3) is 0 Å². The van der Waals surface area contributed by atoms with Crippen molar-refractivity contribution >= 4 is 10.8 Å². The highest BCUT2D eigenvalue weighted by atomic mass is 16.5. The van der Waals surface area contributed by atoms with E-state index in [-0.39, 0.29) is 16.6 Å². The number of ether oxygens (including phenoxy) is 1. The average Bonchev–Trinajstić information content (AvgIpc) is 3.33. The molecule has 2 unspecified atom stereocenters. The van der Waals surface area contributed by atoms with Crippen molar-refractivity contribution in [2.24, 2.45) is 11.3 Å². The first-order valence-electron chi connectivity index (χ1n) is 13.8. The fraction of sp³-hybridized carbons (Fsp3) is 0.581. The Labute approximate surface area is 203 Å². The number of aromatic nitrogens is 1. The molecule has 0 N–H and O–H groups in total. The van der Waals surface area contributed by atoms with E-state index in [2.05, 4.69) is 53.2 Å². The van der Waals surface area contributed by atoms with Crippen LogP contribution in [0.3, 0.4) is 0 Å². The summed E-state index contributed by atoms with van der Waals surface area (Å²) in [6, 6.07) is 9.99. The van der Waals surface area contributed by atoms with Crippen LogP contribution in [0.15, 0.2) is 60.0 Å². The monoisotopic (exact) mass is 452 g/mol. The number of hydrogen-bond acceptors (Lipinski definition) is 3. The molecule has 2 bridgehead atoms. The number of hydrogen-bond donors (Lipinski definition) is 0. The summed E-state index contributed by atoms with van der Waals surface area (Å²) in [4.78, 5) is 7.12. The second-order valence-corrected chi connectivity index (χ2v) is 12.5. The Bertz CT molecular complexity index is 1240. The largest absolute Gasteiger partial charge is 0.359 e. The van der Waals surface area contributed by atoms with Crippen molar-refractivity contribution in [3.05, 3.63) is 65.5 Å². The Kier molecular flexibility index (Phi) is 4.06. The zero-order chi connectivity index (χ0) is 22.5. The summed E-state index contributed by atoms with van der Waals surface area (Å²) in [5.74, 6) is 1.22. The summed E-state index contributed by atoms with van der Waals surface area (Å²) >= 11 is 0. The number of benzene rings is 1.